The minimum atomic E-state index is -1.74. The van der Waals surface area contributed by atoms with Crippen LogP contribution in [0, 0.1) is 0 Å². The molecule has 11 amide bonds. The van der Waals surface area contributed by atoms with Gasteiger partial charge in [-0.05, 0) is 63.0 Å². The first kappa shape index (κ1) is 63.0. The summed E-state index contributed by atoms with van der Waals surface area (Å²) >= 11 is 0. The number of aldehydes is 1. The Hall–Kier alpha value is -8.53. The highest BCUT2D eigenvalue weighted by Crippen LogP contribution is 2.20. The van der Waals surface area contributed by atoms with Crippen molar-refractivity contribution in [2.75, 3.05) is 32.8 Å². The number of rotatable bonds is 31. The van der Waals surface area contributed by atoms with Crippen LogP contribution in [0.1, 0.15) is 75.8 Å². The van der Waals surface area contributed by atoms with Gasteiger partial charge in [0.1, 0.15) is 48.6 Å². The largest absolute Gasteiger partial charge is 0.394 e. The molecule has 2 fully saturated rings. The zero-order valence-corrected chi connectivity index (χ0v) is 43.9. The Morgan fingerprint density at radius 2 is 1.14 bits per heavy atom. The van der Waals surface area contributed by atoms with Crippen molar-refractivity contribution < 1.29 is 62.6 Å². The highest BCUT2D eigenvalue weighted by molar-refractivity contribution is 5.99. The van der Waals surface area contributed by atoms with E-state index in [0.29, 0.717) is 43.1 Å². The number of nitrogens with zero attached hydrogens (tertiary/aromatic N) is 3. The second-order valence-corrected chi connectivity index (χ2v) is 19.2. The SMILES string of the molecule is C[C@H](N)C(=O)N1CCC[C@H]1C(=O)NCC(=O)N[C@@H](CC(N)=O)C(=O)N[C@@H](Cc1ccccc1)C(=O)N[C@@H](Cc1ccccc1)C(=O)N[C@@H](CCC(N)=O)C(=O)N[C@@H](CO)C(=O)N[C@@H](CCCN=C(N)N)C(=O)N1CCC[C@H]1C=O. The van der Waals surface area contributed by atoms with Gasteiger partial charge in [0.25, 0.3) is 0 Å². The molecule has 0 unspecified atom stereocenters. The maximum atomic E-state index is 14.5. The van der Waals surface area contributed by atoms with E-state index in [4.69, 9.17) is 28.7 Å². The second kappa shape index (κ2) is 31.6. The van der Waals surface area contributed by atoms with Crippen molar-refractivity contribution in [2.45, 2.75) is 132 Å². The standard InChI is InChI=1S/C51H73N15O13/c1-29(52)49(78)66-22-10-17-39(66)48(77)58-26-42(71)59-37(25-41(54)70)46(75)63-36(24-31-13-6-3-7-14-31)45(74)62-35(23-30-11-4-2-5-12-30)44(73)60-33(18-19-40(53)69)43(72)64-38(28-68)47(76)61-34(16-8-20-57-51(55)56)50(79)65-21-9-15-32(65)27-67/h2-7,11-14,27,29,32-39,68H,8-10,15-26,28,52H2,1H3,(H2,53,69)(H2,54,70)(H,58,77)(H,59,71)(H,60,73)(H,61,76)(H,62,74)(H,63,75)(H,64,72)(H4,55,56,57)/t29-,32-,33-,34-,35-,36-,37-,38-,39-/m0/s1. The lowest BCUT2D eigenvalue weighted by Crippen LogP contribution is -2.61. The van der Waals surface area contributed by atoms with Gasteiger partial charge >= 0.3 is 0 Å². The van der Waals surface area contributed by atoms with Crippen LogP contribution in [0.15, 0.2) is 65.7 Å². The van der Waals surface area contributed by atoms with E-state index in [-0.39, 0.29) is 51.3 Å². The first-order valence-electron chi connectivity index (χ1n) is 25.8. The van der Waals surface area contributed by atoms with E-state index >= 15 is 0 Å². The molecule has 79 heavy (non-hydrogen) atoms. The van der Waals surface area contributed by atoms with Crippen LogP contribution in [0.5, 0.6) is 0 Å². The summed E-state index contributed by atoms with van der Waals surface area (Å²) < 4.78 is 0. The Labute approximate surface area is 455 Å². The van der Waals surface area contributed by atoms with Crippen LogP contribution in [0.2, 0.25) is 0 Å². The van der Waals surface area contributed by atoms with Crippen molar-refractivity contribution in [3.05, 3.63) is 71.8 Å². The van der Waals surface area contributed by atoms with Gasteiger partial charge in [-0.1, -0.05) is 60.7 Å². The number of amides is 11. The highest BCUT2D eigenvalue weighted by atomic mass is 16.3. The topological polar surface area (TPSA) is 458 Å². The molecule has 2 aliphatic heterocycles. The molecule has 430 valence electrons. The summed E-state index contributed by atoms with van der Waals surface area (Å²) in [4.78, 5) is 166. The van der Waals surface area contributed by atoms with Crippen molar-refractivity contribution in [3.8, 4) is 0 Å². The zero-order chi connectivity index (χ0) is 58.2. The van der Waals surface area contributed by atoms with Crippen LogP contribution in [-0.2, 0) is 70.4 Å². The molecule has 2 heterocycles. The summed E-state index contributed by atoms with van der Waals surface area (Å²) in [7, 11) is 0. The van der Waals surface area contributed by atoms with Gasteiger partial charge in [0.15, 0.2) is 5.96 Å². The number of aliphatic hydroxyl groups excluding tert-OH is 1. The van der Waals surface area contributed by atoms with Crippen molar-refractivity contribution in [1.29, 1.82) is 0 Å². The maximum Gasteiger partial charge on any atom is 0.245 e. The Balaban J connectivity index is 1.56. The number of nitrogens with two attached hydrogens (primary N) is 5. The van der Waals surface area contributed by atoms with E-state index in [2.05, 4.69) is 42.2 Å². The number of hydrogen-bond donors (Lipinski definition) is 13. The zero-order valence-electron chi connectivity index (χ0n) is 43.9. The Bertz CT molecular complexity index is 2510. The van der Waals surface area contributed by atoms with E-state index in [0.717, 1.165) is 0 Å². The molecule has 2 saturated heterocycles. The van der Waals surface area contributed by atoms with Crippen LogP contribution in [0.4, 0.5) is 0 Å². The molecule has 2 aliphatic rings. The average Bonchev–Trinajstić information content (AvgIpc) is 4.14. The van der Waals surface area contributed by atoms with Crippen LogP contribution >= 0.6 is 0 Å². The van der Waals surface area contributed by atoms with E-state index in [9.17, 15) is 62.6 Å². The summed E-state index contributed by atoms with van der Waals surface area (Å²) in [5, 5.41) is 27.7. The third-order valence-corrected chi connectivity index (χ3v) is 13.0. The molecule has 0 bridgehead atoms. The number of nitrogens with one attached hydrogen (secondary N) is 7. The fourth-order valence-electron chi connectivity index (χ4n) is 8.90. The van der Waals surface area contributed by atoms with Gasteiger partial charge in [-0.15, -0.1) is 0 Å². The minimum absolute atomic E-state index is 0.0102. The van der Waals surface area contributed by atoms with E-state index in [1.165, 1.54) is 16.7 Å². The molecule has 4 rings (SSSR count). The van der Waals surface area contributed by atoms with Crippen LogP contribution in [-0.4, -0.2) is 179 Å². The predicted octanol–water partition coefficient (Wildman–Crippen LogP) is -5.79. The van der Waals surface area contributed by atoms with Crippen molar-refractivity contribution in [2.24, 2.45) is 33.7 Å². The molecule has 28 nitrogen and oxygen atoms in total. The van der Waals surface area contributed by atoms with Crippen LogP contribution < -0.4 is 65.9 Å². The molecule has 0 saturated carbocycles. The van der Waals surface area contributed by atoms with Crippen molar-refractivity contribution >= 4 is 77.2 Å². The number of guanidine groups is 1. The Kier molecular flexibility index (Phi) is 25.2. The lowest BCUT2D eigenvalue weighted by atomic mass is 10.0. The van der Waals surface area contributed by atoms with Gasteiger partial charge in [0, 0.05) is 38.9 Å². The predicted molar refractivity (Wildman–Crippen MR) is 283 cm³/mol. The Morgan fingerprint density at radius 3 is 1.67 bits per heavy atom. The molecule has 2 aromatic carbocycles. The van der Waals surface area contributed by atoms with E-state index < -0.39 is 152 Å². The summed E-state index contributed by atoms with van der Waals surface area (Å²) in [5.41, 5.74) is 28.5. The molecule has 18 N–H and O–H groups in total. The number of hydrogen-bond acceptors (Lipinski definition) is 15. The Morgan fingerprint density at radius 1 is 0.633 bits per heavy atom. The monoisotopic (exact) mass is 1100 g/mol. The molecule has 9 atom stereocenters. The number of aliphatic imine (C=N–C) groups is 1. The second-order valence-electron chi connectivity index (χ2n) is 19.2. The number of carbonyl (C=O) groups excluding carboxylic acids is 12. The lowest BCUT2D eigenvalue weighted by molar-refractivity contribution is -0.140. The molecule has 0 aliphatic carbocycles. The van der Waals surface area contributed by atoms with Gasteiger partial charge in [-0.2, -0.15) is 0 Å². The normalized spacial score (nSPS) is 17.4. The first-order valence-corrected chi connectivity index (χ1v) is 25.8. The van der Waals surface area contributed by atoms with E-state index in [1.807, 2.05) is 0 Å². The third-order valence-electron chi connectivity index (χ3n) is 13.0. The number of primary amides is 2. The molecule has 0 spiro atoms. The number of likely N-dealkylation sites (tertiary alicyclic amines) is 2. The maximum absolute atomic E-state index is 14.5. The number of aliphatic hydroxyl groups is 1. The molecular weight excluding hydrogens is 1030 g/mol. The van der Waals surface area contributed by atoms with Crippen LogP contribution in [0.3, 0.4) is 0 Å². The number of benzene rings is 2. The smallest absolute Gasteiger partial charge is 0.245 e. The van der Waals surface area contributed by atoms with E-state index in [1.54, 1.807) is 60.7 Å². The molecule has 0 aromatic heterocycles. The van der Waals surface area contributed by atoms with Gasteiger partial charge in [0.05, 0.1) is 31.7 Å². The summed E-state index contributed by atoms with van der Waals surface area (Å²) in [6.45, 7) is 0.391. The third kappa shape index (κ3) is 20.4. The fourth-order valence-corrected chi connectivity index (χ4v) is 8.90. The molecular formula is C51H73N15O13. The average molecular weight is 1100 g/mol. The van der Waals surface area contributed by atoms with Crippen molar-refractivity contribution in [3.63, 3.8) is 0 Å². The van der Waals surface area contributed by atoms with Gasteiger partial charge in [-0.25, -0.2) is 0 Å². The quantitative estimate of drug-likeness (QED) is 0.0145. The minimum Gasteiger partial charge on any atom is -0.394 e. The lowest BCUT2D eigenvalue weighted by Gasteiger charge is -2.29. The van der Waals surface area contributed by atoms with Crippen LogP contribution in [0.25, 0.3) is 0 Å². The van der Waals surface area contributed by atoms with Gasteiger partial charge in [-0.3, -0.25) is 57.7 Å². The summed E-state index contributed by atoms with van der Waals surface area (Å²) in [6.07, 6.45) is 0.486. The van der Waals surface area contributed by atoms with Gasteiger partial charge in [0.2, 0.25) is 65.0 Å². The summed E-state index contributed by atoms with van der Waals surface area (Å²) in [6, 6.07) is 4.72. The first-order chi connectivity index (χ1) is 37.6. The van der Waals surface area contributed by atoms with Gasteiger partial charge < -0.3 is 85.6 Å². The molecule has 2 aromatic rings. The molecule has 0 radical (unpaired) electrons. The number of carbonyl (C=O) groups is 12. The molecule has 28 heteroatoms. The van der Waals surface area contributed by atoms with Crippen molar-refractivity contribution in [1.82, 2.24) is 47.0 Å². The summed E-state index contributed by atoms with van der Waals surface area (Å²) in [5.74, 6) is -9.85. The highest BCUT2D eigenvalue weighted by Gasteiger charge is 2.38. The fraction of sp³-hybridized carbons (Fsp3) is 0.510.